The summed E-state index contributed by atoms with van der Waals surface area (Å²) in [4.78, 5) is 9.22. The second kappa shape index (κ2) is 8.67. The van der Waals surface area contributed by atoms with Crippen LogP contribution in [0.25, 0.3) is 12.2 Å². The van der Waals surface area contributed by atoms with Gasteiger partial charge >= 0.3 is 0 Å². The number of rotatable bonds is 7. The van der Waals surface area contributed by atoms with E-state index in [1.807, 2.05) is 61.5 Å². The topological polar surface area (TPSA) is 87.8 Å². The normalized spacial score (nSPS) is 16.5. The highest BCUT2D eigenvalue weighted by Gasteiger charge is 2.15. The summed E-state index contributed by atoms with van der Waals surface area (Å²) in [7, 11) is 0. The average molecular weight is 376 g/mol. The van der Waals surface area contributed by atoms with E-state index in [0.29, 0.717) is 11.6 Å². The van der Waals surface area contributed by atoms with Gasteiger partial charge in [-0.05, 0) is 31.4 Å². The van der Waals surface area contributed by atoms with Gasteiger partial charge in [-0.2, -0.15) is 5.10 Å². The number of anilines is 3. The number of nitrogens with zero attached hydrogens (tertiary/aromatic N) is 3. The molecule has 0 amide bonds. The van der Waals surface area contributed by atoms with Crippen molar-refractivity contribution in [1.29, 1.82) is 0 Å². The van der Waals surface area contributed by atoms with Crippen molar-refractivity contribution in [2.45, 2.75) is 25.9 Å². The Kier molecular flexibility index (Phi) is 5.63. The fourth-order valence-corrected chi connectivity index (χ4v) is 3.07. The van der Waals surface area contributed by atoms with E-state index in [4.69, 9.17) is 4.74 Å². The van der Waals surface area contributed by atoms with Crippen molar-refractivity contribution in [2.24, 2.45) is 0 Å². The average Bonchev–Trinajstić information content (AvgIpc) is 3.37. The van der Waals surface area contributed by atoms with Gasteiger partial charge in [-0.15, -0.1) is 0 Å². The Morgan fingerprint density at radius 3 is 2.71 bits per heavy atom. The molecule has 1 atom stereocenters. The maximum atomic E-state index is 5.69. The van der Waals surface area contributed by atoms with Crippen LogP contribution in [0.15, 0.2) is 42.5 Å². The van der Waals surface area contributed by atoms with Crippen molar-refractivity contribution in [2.75, 3.05) is 23.8 Å². The number of H-pyrrole nitrogens is 1. The highest BCUT2D eigenvalue weighted by Crippen LogP contribution is 2.19. The Hall–Kier alpha value is -3.19. The van der Waals surface area contributed by atoms with Gasteiger partial charge in [0.25, 0.3) is 0 Å². The first-order valence-electron chi connectivity index (χ1n) is 9.51. The zero-order valence-electron chi connectivity index (χ0n) is 15.9. The van der Waals surface area contributed by atoms with Crippen LogP contribution in [-0.4, -0.2) is 39.4 Å². The summed E-state index contributed by atoms with van der Waals surface area (Å²) in [5, 5.41) is 13.8. The Labute approximate surface area is 164 Å². The number of aromatic amines is 1. The lowest BCUT2D eigenvalue weighted by molar-refractivity contribution is 0.120. The summed E-state index contributed by atoms with van der Waals surface area (Å²) >= 11 is 0. The summed E-state index contributed by atoms with van der Waals surface area (Å²) in [5.41, 5.74) is 2.08. The molecular weight excluding hydrogens is 352 g/mol. The van der Waals surface area contributed by atoms with E-state index in [1.165, 1.54) is 0 Å². The zero-order chi connectivity index (χ0) is 19.2. The number of aromatic nitrogens is 4. The summed E-state index contributed by atoms with van der Waals surface area (Å²) in [6.07, 6.45) is 6.35. The minimum Gasteiger partial charge on any atom is -0.376 e. The molecule has 3 N–H and O–H groups in total. The summed E-state index contributed by atoms with van der Waals surface area (Å²) in [5.74, 6) is 2.78. The third-order valence-electron chi connectivity index (χ3n) is 4.46. The molecule has 0 aliphatic carbocycles. The predicted molar refractivity (Wildman–Crippen MR) is 111 cm³/mol. The fourth-order valence-electron chi connectivity index (χ4n) is 3.07. The number of hydrogen-bond donors (Lipinski definition) is 3. The van der Waals surface area contributed by atoms with Gasteiger partial charge in [0.15, 0.2) is 11.6 Å². The van der Waals surface area contributed by atoms with Gasteiger partial charge in [0.1, 0.15) is 11.6 Å². The second-order valence-corrected chi connectivity index (χ2v) is 6.82. The molecule has 1 aliphatic heterocycles. The monoisotopic (exact) mass is 376 g/mol. The molecule has 1 aliphatic rings. The molecule has 0 bridgehead atoms. The quantitative estimate of drug-likeness (QED) is 0.577. The SMILES string of the molecule is Cc1cc(Nc2cc(NCC3CCCO3)nc(/C=C/c3ccccc3)n2)n[nH]1. The summed E-state index contributed by atoms with van der Waals surface area (Å²) < 4.78 is 5.69. The van der Waals surface area contributed by atoms with Crippen molar-refractivity contribution in [3.8, 4) is 0 Å². The van der Waals surface area contributed by atoms with Gasteiger partial charge < -0.3 is 15.4 Å². The molecule has 0 saturated carbocycles. The summed E-state index contributed by atoms with van der Waals surface area (Å²) in [6.45, 7) is 3.53. The molecule has 1 saturated heterocycles. The van der Waals surface area contributed by atoms with Crippen molar-refractivity contribution >= 4 is 29.6 Å². The maximum Gasteiger partial charge on any atom is 0.156 e. The van der Waals surface area contributed by atoms with Crippen LogP contribution in [0.3, 0.4) is 0 Å². The van der Waals surface area contributed by atoms with Gasteiger partial charge in [-0.3, -0.25) is 5.10 Å². The molecule has 144 valence electrons. The van der Waals surface area contributed by atoms with E-state index >= 15 is 0 Å². The van der Waals surface area contributed by atoms with Crippen LogP contribution < -0.4 is 10.6 Å². The highest BCUT2D eigenvalue weighted by molar-refractivity contribution is 5.68. The molecule has 1 aromatic carbocycles. The highest BCUT2D eigenvalue weighted by atomic mass is 16.5. The molecular formula is C21H24N6O. The lowest BCUT2D eigenvalue weighted by Gasteiger charge is -2.12. The van der Waals surface area contributed by atoms with Crippen LogP contribution in [0.5, 0.6) is 0 Å². The summed E-state index contributed by atoms with van der Waals surface area (Å²) in [6, 6.07) is 13.9. The van der Waals surface area contributed by atoms with Crippen LogP contribution in [0.1, 0.15) is 29.9 Å². The smallest absolute Gasteiger partial charge is 0.156 e. The zero-order valence-corrected chi connectivity index (χ0v) is 15.9. The maximum absolute atomic E-state index is 5.69. The lowest BCUT2D eigenvalue weighted by atomic mass is 10.2. The van der Waals surface area contributed by atoms with Crippen LogP contribution in [0.4, 0.5) is 17.5 Å². The molecule has 28 heavy (non-hydrogen) atoms. The van der Waals surface area contributed by atoms with Crippen molar-refractivity contribution in [1.82, 2.24) is 20.2 Å². The Morgan fingerprint density at radius 1 is 1.11 bits per heavy atom. The first-order valence-corrected chi connectivity index (χ1v) is 9.51. The fraction of sp³-hybridized carbons (Fsp3) is 0.286. The van der Waals surface area contributed by atoms with Crippen LogP contribution in [0, 0.1) is 6.92 Å². The number of ether oxygens (including phenoxy) is 1. The van der Waals surface area contributed by atoms with Gasteiger partial charge in [-0.1, -0.05) is 36.4 Å². The first-order chi connectivity index (χ1) is 13.7. The molecule has 2 aromatic heterocycles. The minimum atomic E-state index is 0.240. The van der Waals surface area contributed by atoms with Crippen molar-refractivity contribution < 1.29 is 4.74 Å². The second-order valence-electron chi connectivity index (χ2n) is 6.82. The van der Waals surface area contributed by atoms with Crippen LogP contribution in [-0.2, 0) is 4.74 Å². The van der Waals surface area contributed by atoms with E-state index < -0.39 is 0 Å². The van der Waals surface area contributed by atoms with Gasteiger partial charge in [-0.25, -0.2) is 9.97 Å². The Bertz CT molecular complexity index is 931. The molecule has 0 radical (unpaired) electrons. The minimum absolute atomic E-state index is 0.240. The molecule has 3 aromatic rings. The van der Waals surface area contributed by atoms with E-state index in [9.17, 15) is 0 Å². The van der Waals surface area contributed by atoms with E-state index in [2.05, 4.69) is 30.8 Å². The van der Waals surface area contributed by atoms with Gasteiger partial charge in [0, 0.05) is 31.0 Å². The Morgan fingerprint density at radius 2 is 1.96 bits per heavy atom. The van der Waals surface area contributed by atoms with Crippen molar-refractivity contribution in [3.05, 3.63) is 59.5 Å². The largest absolute Gasteiger partial charge is 0.376 e. The van der Waals surface area contributed by atoms with Crippen LogP contribution in [0.2, 0.25) is 0 Å². The number of hydrogen-bond acceptors (Lipinski definition) is 6. The third kappa shape index (κ3) is 4.95. The van der Waals surface area contributed by atoms with Gasteiger partial charge in [0.2, 0.25) is 0 Å². The molecule has 7 heteroatoms. The van der Waals surface area contributed by atoms with Crippen molar-refractivity contribution in [3.63, 3.8) is 0 Å². The first kappa shape index (κ1) is 18.2. The van der Waals surface area contributed by atoms with E-state index in [1.54, 1.807) is 0 Å². The predicted octanol–water partition coefficient (Wildman–Crippen LogP) is 4.01. The molecule has 3 heterocycles. The van der Waals surface area contributed by atoms with E-state index in [-0.39, 0.29) is 6.10 Å². The van der Waals surface area contributed by atoms with Crippen LogP contribution >= 0.6 is 0 Å². The number of benzene rings is 1. The molecule has 7 nitrogen and oxygen atoms in total. The standard InChI is InChI=1S/C21H24N6O/c1-15-12-21(27-26-15)25-20-13-19(22-14-17-8-5-11-28-17)23-18(24-20)10-9-16-6-3-2-4-7-16/h2-4,6-7,9-10,12-13,17H,5,8,11,14H2,1H3,(H3,22,23,24,25,26,27)/b10-9+. The van der Waals surface area contributed by atoms with Gasteiger partial charge in [0.05, 0.1) is 6.10 Å². The Balaban J connectivity index is 1.55. The lowest BCUT2D eigenvalue weighted by Crippen LogP contribution is -2.19. The van der Waals surface area contributed by atoms with E-state index in [0.717, 1.165) is 48.9 Å². The molecule has 1 unspecified atom stereocenters. The molecule has 0 spiro atoms. The number of nitrogens with one attached hydrogen (secondary N) is 3. The number of aryl methyl sites for hydroxylation is 1. The third-order valence-corrected chi connectivity index (χ3v) is 4.46. The molecule has 4 rings (SSSR count). The molecule has 1 fully saturated rings.